The molecule has 0 spiro atoms. The van der Waals surface area contributed by atoms with Crippen LogP contribution in [0.2, 0.25) is 0 Å². The van der Waals surface area contributed by atoms with Crippen molar-refractivity contribution in [2.75, 3.05) is 0 Å². The zero-order valence-electron chi connectivity index (χ0n) is 6.40. The second-order valence-electron chi connectivity index (χ2n) is 2.99. The Bertz CT molecular complexity index is 310. The minimum absolute atomic E-state index is 0.204. The van der Waals surface area contributed by atoms with Gasteiger partial charge in [-0.3, -0.25) is 0 Å². The molecule has 0 radical (unpaired) electrons. The molecule has 0 saturated carbocycles. The molecule has 0 N–H and O–H groups in total. The third kappa shape index (κ3) is 0.813. The minimum Gasteiger partial charge on any atom is -0.313 e. The van der Waals surface area contributed by atoms with Gasteiger partial charge in [-0.2, -0.15) is 4.89 Å². The fraction of sp³-hybridized carbons (Fsp3) is 0.333. The van der Waals surface area contributed by atoms with Crippen molar-refractivity contribution in [2.45, 2.75) is 19.0 Å². The quantitative estimate of drug-likeness (QED) is 0.544. The van der Waals surface area contributed by atoms with Crippen LogP contribution in [0.1, 0.15) is 17.4 Å². The Hall–Kier alpha value is -0.900. The van der Waals surface area contributed by atoms with Gasteiger partial charge in [-0.15, -0.1) is 0 Å². The highest BCUT2D eigenvalue weighted by Gasteiger charge is 2.35. The van der Waals surface area contributed by atoms with Crippen molar-refractivity contribution in [3.05, 3.63) is 35.4 Å². The van der Waals surface area contributed by atoms with Crippen molar-refractivity contribution in [3.63, 3.8) is 0 Å². The van der Waals surface area contributed by atoms with E-state index < -0.39 is 0 Å². The molecule has 0 amide bonds. The Kier molecular flexibility index (Phi) is 1.26. The van der Waals surface area contributed by atoms with Crippen LogP contribution in [0.15, 0.2) is 24.3 Å². The summed E-state index contributed by atoms with van der Waals surface area (Å²) in [4.78, 5) is 9.92. The molecule has 2 aliphatic rings. The molecule has 2 heterocycles. The van der Waals surface area contributed by atoms with Crippen molar-refractivity contribution in [2.24, 2.45) is 0 Å². The molecule has 1 aromatic carbocycles. The van der Waals surface area contributed by atoms with Crippen molar-refractivity contribution in [1.82, 2.24) is 0 Å². The summed E-state index contributed by atoms with van der Waals surface area (Å²) < 4.78 is 5.38. The minimum atomic E-state index is -0.306. The first-order valence-corrected chi connectivity index (χ1v) is 3.99. The Balaban J connectivity index is 2.13. The van der Waals surface area contributed by atoms with Crippen molar-refractivity contribution in [3.8, 4) is 0 Å². The highest BCUT2D eigenvalue weighted by molar-refractivity contribution is 5.30. The van der Waals surface area contributed by atoms with Crippen LogP contribution >= 0.6 is 0 Å². The molecule has 1 saturated heterocycles. The van der Waals surface area contributed by atoms with E-state index in [4.69, 9.17) is 14.5 Å². The third-order valence-corrected chi connectivity index (χ3v) is 2.22. The summed E-state index contributed by atoms with van der Waals surface area (Å²) in [5.41, 5.74) is 2.35. The summed E-state index contributed by atoms with van der Waals surface area (Å²) in [5, 5.41) is 0. The highest BCUT2D eigenvalue weighted by atomic mass is 17.3. The SMILES string of the molecule is c1ccc2c(c1)C[C@H]1OO[C@@H]2O1. The second kappa shape index (κ2) is 2.29. The molecular formula is C9H8O3. The summed E-state index contributed by atoms with van der Waals surface area (Å²) in [7, 11) is 0. The number of benzene rings is 1. The fourth-order valence-corrected chi connectivity index (χ4v) is 1.63. The Morgan fingerprint density at radius 1 is 1.17 bits per heavy atom. The Morgan fingerprint density at radius 3 is 3.08 bits per heavy atom. The first kappa shape index (κ1) is 6.60. The van der Waals surface area contributed by atoms with Crippen LogP contribution < -0.4 is 0 Å². The Labute approximate surface area is 69.8 Å². The molecule has 2 atom stereocenters. The van der Waals surface area contributed by atoms with Gasteiger partial charge in [-0.05, 0) is 5.56 Å². The molecule has 3 rings (SSSR count). The molecule has 1 fully saturated rings. The summed E-state index contributed by atoms with van der Waals surface area (Å²) in [5.74, 6) is 0. The summed E-state index contributed by atoms with van der Waals surface area (Å²) in [6, 6.07) is 8.08. The van der Waals surface area contributed by atoms with E-state index in [0.717, 1.165) is 12.0 Å². The number of rotatable bonds is 0. The molecule has 0 unspecified atom stereocenters. The summed E-state index contributed by atoms with van der Waals surface area (Å²) >= 11 is 0. The zero-order chi connectivity index (χ0) is 7.97. The second-order valence-corrected chi connectivity index (χ2v) is 2.99. The molecule has 1 aromatic rings. The van der Waals surface area contributed by atoms with E-state index in [2.05, 4.69) is 6.07 Å². The number of fused-ring (bicyclic) bond motifs is 4. The van der Waals surface area contributed by atoms with Gasteiger partial charge in [0.05, 0.1) is 0 Å². The predicted octanol–water partition coefficient (Wildman–Crippen LogP) is 1.55. The first-order valence-electron chi connectivity index (χ1n) is 3.99. The average Bonchev–Trinajstić information content (AvgIpc) is 2.49. The molecule has 12 heavy (non-hydrogen) atoms. The molecule has 3 heteroatoms. The number of hydrogen-bond acceptors (Lipinski definition) is 3. The lowest BCUT2D eigenvalue weighted by molar-refractivity contribution is -0.295. The van der Waals surface area contributed by atoms with E-state index in [9.17, 15) is 0 Å². The molecule has 3 nitrogen and oxygen atoms in total. The van der Waals surface area contributed by atoms with Crippen LogP contribution in [-0.2, 0) is 20.9 Å². The van der Waals surface area contributed by atoms with Gasteiger partial charge in [-0.1, -0.05) is 24.3 Å². The molecule has 0 aliphatic carbocycles. The van der Waals surface area contributed by atoms with E-state index in [1.165, 1.54) is 5.56 Å². The lowest BCUT2D eigenvalue weighted by Crippen LogP contribution is -2.18. The van der Waals surface area contributed by atoms with Crippen LogP contribution in [0, 0.1) is 0 Å². The molecular weight excluding hydrogens is 156 g/mol. The molecule has 62 valence electrons. The zero-order valence-corrected chi connectivity index (χ0v) is 6.40. The Morgan fingerprint density at radius 2 is 2.08 bits per heavy atom. The maximum atomic E-state index is 5.38. The largest absolute Gasteiger partial charge is 0.313 e. The van der Waals surface area contributed by atoms with E-state index in [-0.39, 0.29) is 12.6 Å². The highest BCUT2D eigenvalue weighted by Crippen LogP contribution is 2.36. The van der Waals surface area contributed by atoms with E-state index in [0.29, 0.717) is 0 Å². The molecule has 2 aliphatic heterocycles. The van der Waals surface area contributed by atoms with E-state index in [1.807, 2.05) is 18.2 Å². The lowest BCUT2D eigenvalue weighted by Gasteiger charge is -2.17. The summed E-state index contributed by atoms with van der Waals surface area (Å²) in [6.45, 7) is 0. The third-order valence-electron chi connectivity index (χ3n) is 2.22. The van der Waals surface area contributed by atoms with Gasteiger partial charge in [0, 0.05) is 12.0 Å². The van der Waals surface area contributed by atoms with Crippen LogP contribution in [0.3, 0.4) is 0 Å². The van der Waals surface area contributed by atoms with Gasteiger partial charge in [0.25, 0.3) is 0 Å². The van der Waals surface area contributed by atoms with Gasteiger partial charge in [-0.25, -0.2) is 4.89 Å². The van der Waals surface area contributed by atoms with Gasteiger partial charge >= 0.3 is 0 Å². The van der Waals surface area contributed by atoms with Crippen molar-refractivity contribution in [1.29, 1.82) is 0 Å². The van der Waals surface area contributed by atoms with Crippen LogP contribution in [-0.4, -0.2) is 6.29 Å². The van der Waals surface area contributed by atoms with E-state index in [1.54, 1.807) is 0 Å². The normalized spacial score (nSPS) is 31.7. The maximum Gasteiger partial charge on any atom is 0.220 e. The van der Waals surface area contributed by atoms with Gasteiger partial charge in [0.2, 0.25) is 6.29 Å². The lowest BCUT2D eigenvalue weighted by atomic mass is 10.0. The molecule has 2 bridgehead atoms. The predicted molar refractivity (Wildman–Crippen MR) is 39.9 cm³/mol. The standard InChI is InChI=1S/C9H8O3/c1-2-4-7-6(3-1)5-8-10-9(7)12-11-8/h1-4,8-9H,5H2/t8-,9+/m1/s1. The van der Waals surface area contributed by atoms with Crippen LogP contribution in [0.4, 0.5) is 0 Å². The fourth-order valence-electron chi connectivity index (χ4n) is 1.63. The summed E-state index contributed by atoms with van der Waals surface area (Å²) in [6.07, 6.45) is 0.275. The topological polar surface area (TPSA) is 27.7 Å². The monoisotopic (exact) mass is 164 g/mol. The van der Waals surface area contributed by atoms with Gasteiger partial charge in [0.15, 0.2) is 6.29 Å². The average molecular weight is 164 g/mol. The first-order chi connectivity index (χ1) is 5.93. The molecule has 0 aromatic heterocycles. The number of hydrogen-bond donors (Lipinski definition) is 0. The van der Waals surface area contributed by atoms with Gasteiger partial charge < -0.3 is 4.74 Å². The van der Waals surface area contributed by atoms with Crippen LogP contribution in [0.25, 0.3) is 0 Å². The maximum absolute atomic E-state index is 5.38. The smallest absolute Gasteiger partial charge is 0.220 e. The van der Waals surface area contributed by atoms with Gasteiger partial charge in [0.1, 0.15) is 0 Å². The van der Waals surface area contributed by atoms with Crippen molar-refractivity contribution < 1.29 is 14.5 Å². The number of ether oxygens (including phenoxy) is 1. The van der Waals surface area contributed by atoms with Crippen molar-refractivity contribution >= 4 is 0 Å². The van der Waals surface area contributed by atoms with Crippen LogP contribution in [0.5, 0.6) is 0 Å². The van der Waals surface area contributed by atoms with E-state index >= 15 is 0 Å².